The van der Waals surface area contributed by atoms with Crippen molar-refractivity contribution in [2.45, 2.75) is 76.2 Å². The topological polar surface area (TPSA) is 72.7 Å². The van der Waals surface area contributed by atoms with E-state index in [1.807, 2.05) is 0 Å². The lowest BCUT2D eigenvalue weighted by molar-refractivity contribution is -0.0632. The van der Waals surface area contributed by atoms with Crippen molar-refractivity contribution in [3.8, 4) is 0 Å². The van der Waals surface area contributed by atoms with Gasteiger partial charge in [-0.2, -0.15) is 0 Å². The first-order chi connectivity index (χ1) is 10.5. The molecule has 4 nitrogen and oxygen atoms in total. The molecule has 0 heterocycles. The molecule has 0 aliphatic heterocycles. The Morgan fingerprint density at radius 1 is 1.18 bits per heavy atom. The van der Waals surface area contributed by atoms with Gasteiger partial charge in [-0.15, -0.1) is 0 Å². The van der Waals surface area contributed by atoms with Gasteiger partial charge in [0, 0.05) is 0 Å². The second-order valence-corrected chi connectivity index (χ2v) is 6.95. The van der Waals surface area contributed by atoms with Crippen molar-refractivity contribution < 1.29 is 19.7 Å². The Morgan fingerprint density at radius 2 is 1.86 bits per heavy atom. The van der Waals surface area contributed by atoms with Gasteiger partial charge < -0.3 is 20.6 Å². The summed E-state index contributed by atoms with van der Waals surface area (Å²) in [6, 6.07) is -0.498. The minimum Gasteiger partial charge on any atom is -0.388 e. The molecule has 1 fully saturated rings. The average Bonchev–Trinajstić information content (AvgIpc) is 2.55. The normalized spacial score (nSPS) is 35.2. The minimum absolute atomic E-state index is 0.151. The van der Waals surface area contributed by atoms with Crippen molar-refractivity contribution in [1.82, 2.24) is 5.32 Å². The monoisotopic (exact) mass is 315 g/mol. The van der Waals surface area contributed by atoms with Gasteiger partial charge in [-0.1, -0.05) is 38.7 Å². The Kier molecular flexibility index (Phi) is 6.38. The number of aliphatic hydroxyl groups excluding tert-OH is 3. The van der Waals surface area contributed by atoms with E-state index < -0.39 is 31.0 Å². The SMILES string of the molecule is CCC1(CCN[C@@H]2C=C(CF)[C@H](O)[C@H](O)[C@H]2O)CCCCC1. The number of halogens is 1. The highest BCUT2D eigenvalue weighted by molar-refractivity contribution is 5.21. The Labute approximate surface area is 132 Å². The average molecular weight is 315 g/mol. The zero-order chi connectivity index (χ0) is 16.2. The van der Waals surface area contributed by atoms with Crippen LogP contribution < -0.4 is 5.32 Å². The Bertz CT molecular complexity index is 382. The van der Waals surface area contributed by atoms with Gasteiger partial charge in [0.1, 0.15) is 25.0 Å². The van der Waals surface area contributed by atoms with E-state index in [4.69, 9.17) is 0 Å². The number of rotatable bonds is 6. The molecule has 0 saturated heterocycles. The summed E-state index contributed by atoms with van der Waals surface area (Å²) in [6.45, 7) is 2.17. The molecule has 2 aliphatic carbocycles. The molecule has 22 heavy (non-hydrogen) atoms. The molecule has 0 aromatic heterocycles. The van der Waals surface area contributed by atoms with E-state index in [0.29, 0.717) is 5.41 Å². The molecule has 0 spiro atoms. The van der Waals surface area contributed by atoms with Gasteiger partial charge >= 0.3 is 0 Å². The quantitative estimate of drug-likeness (QED) is 0.563. The highest BCUT2D eigenvalue weighted by Gasteiger charge is 2.37. The molecule has 0 unspecified atom stereocenters. The van der Waals surface area contributed by atoms with Gasteiger partial charge in [-0.3, -0.25) is 0 Å². The van der Waals surface area contributed by atoms with Crippen molar-refractivity contribution in [3.05, 3.63) is 11.6 Å². The van der Waals surface area contributed by atoms with Gasteiger partial charge in [-0.05, 0) is 36.8 Å². The molecule has 2 rings (SSSR count). The van der Waals surface area contributed by atoms with Crippen LogP contribution in [0.1, 0.15) is 51.9 Å². The van der Waals surface area contributed by atoms with Gasteiger partial charge in [0.05, 0.1) is 6.04 Å². The van der Waals surface area contributed by atoms with Crippen LogP contribution in [0.3, 0.4) is 0 Å². The molecule has 5 heteroatoms. The third kappa shape index (κ3) is 3.88. The number of alkyl halides is 1. The smallest absolute Gasteiger partial charge is 0.113 e. The second kappa shape index (κ2) is 7.86. The number of hydrogen-bond donors (Lipinski definition) is 4. The van der Waals surface area contributed by atoms with Crippen molar-refractivity contribution in [1.29, 1.82) is 0 Å². The van der Waals surface area contributed by atoms with E-state index in [9.17, 15) is 19.7 Å². The summed E-state index contributed by atoms with van der Waals surface area (Å²) in [5.74, 6) is 0. The van der Waals surface area contributed by atoms with Crippen LogP contribution in [0.25, 0.3) is 0 Å². The van der Waals surface area contributed by atoms with Crippen molar-refractivity contribution in [2.75, 3.05) is 13.2 Å². The molecule has 4 N–H and O–H groups in total. The van der Waals surface area contributed by atoms with E-state index in [1.54, 1.807) is 0 Å². The predicted molar refractivity (Wildman–Crippen MR) is 84.3 cm³/mol. The Morgan fingerprint density at radius 3 is 2.45 bits per heavy atom. The van der Waals surface area contributed by atoms with Crippen LogP contribution >= 0.6 is 0 Å². The van der Waals surface area contributed by atoms with Crippen LogP contribution in [-0.2, 0) is 0 Å². The fourth-order valence-corrected chi connectivity index (χ4v) is 3.94. The standard InChI is InChI=1S/C17H30FNO3/c1-2-17(6-4-3-5-7-17)8-9-19-13-10-12(11-18)14(20)16(22)15(13)21/h10,13-16,19-22H,2-9,11H2,1H3/t13-,14+,15+,16+/m1/s1. The van der Waals surface area contributed by atoms with E-state index in [0.717, 1.165) is 19.4 Å². The predicted octanol–water partition coefficient (Wildman–Crippen LogP) is 1.69. The molecule has 128 valence electrons. The zero-order valence-corrected chi connectivity index (χ0v) is 13.5. The third-order valence-corrected chi connectivity index (χ3v) is 5.67. The van der Waals surface area contributed by atoms with Crippen LogP contribution in [0.15, 0.2) is 11.6 Å². The summed E-state index contributed by atoms with van der Waals surface area (Å²) >= 11 is 0. The lowest BCUT2D eigenvalue weighted by Crippen LogP contribution is -2.54. The summed E-state index contributed by atoms with van der Waals surface area (Å²) in [4.78, 5) is 0. The lowest BCUT2D eigenvalue weighted by atomic mass is 9.70. The first kappa shape index (κ1) is 17.9. The zero-order valence-electron chi connectivity index (χ0n) is 13.5. The Balaban J connectivity index is 1.91. The fraction of sp³-hybridized carbons (Fsp3) is 0.882. The lowest BCUT2D eigenvalue weighted by Gasteiger charge is -2.38. The van der Waals surface area contributed by atoms with Crippen LogP contribution in [0, 0.1) is 5.41 Å². The van der Waals surface area contributed by atoms with Gasteiger partial charge in [-0.25, -0.2) is 4.39 Å². The Hall–Kier alpha value is -0.490. The number of aliphatic hydroxyl groups is 3. The third-order valence-electron chi connectivity index (χ3n) is 5.67. The van der Waals surface area contributed by atoms with E-state index in [1.165, 1.54) is 38.2 Å². The maximum atomic E-state index is 12.9. The summed E-state index contributed by atoms with van der Waals surface area (Å²) in [5, 5.41) is 32.8. The molecule has 0 bridgehead atoms. The summed E-state index contributed by atoms with van der Waals surface area (Å²) in [5.41, 5.74) is 0.536. The van der Waals surface area contributed by atoms with Gasteiger partial charge in [0.2, 0.25) is 0 Å². The van der Waals surface area contributed by atoms with E-state index >= 15 is 0 Å². The van der Waals surface area contributed by atoms with Crippen molar-refractivity contribution >= 4 is 0 Å². The summed E-state index contributed by atoms with van der Waals surface area (Å²) in [6.07, 6.45) is 6.39. The summed E-state index contributed by atoms with van der Waals surface area (Å²) in [7, 11) is 0. The molecule has 0 aromatic carbocycles. The molecule has 0 radical (unpaired) electrons. The minimum atomic E-state index is -1.33. The highest BCUT2D eigenvalue weighted by atomic mass is 19.1. The molecule has 0 aromatic rings. The summed E-state index contributed by atoms with van der Waals surface area (Å²) < 4.78 is 12.9. The van der Waals surface area contributed by atoms with Crippen LogP contribution in [0.2, 0.25) is 0 Å². The van der Waals surface area contributed by atoms with E-state index in [2.05, 4.69) is 12.2 Å². The molecule has 0 amide bonds. The van der Waals surface area contributed by atoms with Gasteiger partial charge in [0.15, 0.2) is 0 Å². The molecule has 2 aliphatic rings. The first-order valence-electron chi connectivity index (χ1n) is 8.57. The molecule has 1 saturated carbocycles. The highest BCUT2D eigenvalue weighted by Crippen LogP contribution is 2.41. The maximum Gasteiger partial charge on any atom is 0.113 e. The molecular formula is C17H30FNO3. The largest absolute Gasteiger partial charge is 0.388 e. The second-order valence-electron chi connectivity index (χ2n) is 6.95. The van der Waals surface area contributed by atoms with Gasteiger partial charge in [0.25, 0.3) is 0 Å². The van der Waals surface area contributed by atoms with Crippen LogP contribution in [-0.4, -0.2) is 52.9 Å². The van der Waals surface area contributed by atoms with E-state index in [-0.39, 0.29) is 5.57 Å². The van der Waals surface area contributed by atoms with Crippen molar-refractivity contribution in [3.63, 3.8) is 0 Å². The first-order valence-corrected chi connectivity index (χ1v) is 8.57. The number of nitrogens with one attached hydrogen (secondary N) is 1. The maximum absolute atomic E-state index is 12.9. The molecular weight excluding hydrogens is 285 g/mol. The molecule has 4 atom stereocenters. The van der Waals surface area contributed by atoms with Crippen LogP contribution in [0.5, 0.6) is 0 Å². The van der Waals surface area contributed by atoms with Crippen LogP contribution in [0.4, 0.5) is 4.39 Å². The number of hydrogen-bond acceptors (Lipinski definition) is 4. The van der Waals surface area contributed by atoms with Crippen molar-refractivity contribution in [2.24, 2.45) is 5.41 Å². The fourth-order valence-electron chi connectivity index (χ4n) is 3.94.